The van der Waals surface area contributed by atoms with Crippen LogP contribution in [-0.4, -0.2) is 31.3 Å². The monoisotopic (exact) mass is 204 g/mol. The van der Waals surface area contributed by atoms with Gasteiger partial charge in [0.15, 0.2) is 0 Å². The van der Waals surface area contributed by atoms with Crippen LogP contribution < -0.4 is 23.0 Å². The lowest BCUT2D eigenvalue weighted by Gasteiger charge is -1.86. The average molecular weight is 204 g/mol. The van der Waals surface area contributed by atoms with Crippen molar-refractivity contribution in [1.29, 1.82) is 0 Å². The van der Waals surface area contributed by atoms with Gasteiger partial charge in [0.1, 0.15) is 5.21 Å². The lowest BCUT2D eigenvalue weighted by atomic mass is 11.1. The van der Waals surface area contributed by atoms with Crippen LogP contribution >= 0.6 is 0 Å². The molecule has 0 atom stereocenters. The van der Waals surface area contributed by atoms with Crippen LogP contribution in [0, 0.1) is 10.1 Å². The minimum absolute atomic E-state index is 0.0926. The van der Waals surface area contributed by atoms with E-state index in [9.17, 15) is 10.1 Å². The smallest absolute Gasteiger partial charge is 0.312 e. The van der Waals surface area contributed by atoms with E-state index in [2.05, 4.69) is 26.5 Å². The van der Waals surface area contributed by atoms with Gasteiger partial charge in [0, 0.05) is 0 Å². The number of anilines is 1. The average Bonchev–Trinajstić information content (AvgIpc) is 2.52. The number of rotatable bonds is 1. The van der Waals surface area contributed by atoms with E-state index in [1.165, 1.54) is 0 Å². The van der Waals surface area contributed by atoms with Crippen LogP contribution in [0.25, 0.3) is 0 Å². The second kappa shape index (κ2) is 5.07. The maximum absolute atomic E-state index is 9.83. The van der Waals surface area contributed by atoms with Crippen molar-refractivity contribution in [1.82, 2.24) is 20.3 Å². The summed E-state index contributed by atoms with van der Waals surface area (Å²) in [6.07, 6.45) is 0. The molecular weight excluding hydrogens is 196 g/mol. The third-order valence-electron chi connectivity index (χ3n) is 0.781. The highest BCUT2D eigenvalue weighted by atomic mass is 16.7. The summed E-state index contributed by atoms with van der Waals surface area (Å²) in [6, 6.07) is 0. The van der Waals surface area contributed by atoms with Crippen LogP contribution in [-0.2, 0) is 0 Å². The van der Waals surface area contributed by atoms with Crippen LogP contribution in [0.3, 0.4) is 0 Å². The van der Waals surface area contributed by atoms with Crippen LogP contribution in [0.5, 0.6) is 0 Å². The van der Waals surface area contributed by atoms with Gasteiger partial charge in [-0.3, -0.25) is 0 Å². The van der Waals surface area contributed by atoms with Gasteiger partial charge in [0.2, 0.25) is 11.2 Å². The molecule has 0 aliphatic heterocycles. The number of nitrogens with two attached hydrogens (primary N) is 4. The summed E-state index contributed by atoms with van der Waals surface area (Å²) in [5, 5.41) is 20.8. The predicted molar refractivity (Wildman–Crippen MR) is 44.6 cm³/mol. The first-order valence-electron chi connectivity index (χ1n) is 2.96. The lowest BCUT2D eigenvalue weighted by Crippen LogP contribution is -2.23. The molecule has 8 N–H and O–H groups in total. The van der Waals surface area contributed by atoms with E-state index < -0.39 is 5.03 Å². The van der Waals surface area contributed by atoms with E-state index in [0.717, 1.165) is 0 Å². The van der Waals surface area contributed by atoms with Crippen molar-refractivity contribution in [3.63, 3.8) is 0 Å². The standard InChI is InChI=1S/CH2N6O2.CH6N4/c2-1-3-4-5-6(1)7(8)9;2-1(3)5-4/h(H2,2,3,5);4H2,(H4,2,3,5). The fourth-order valence-electron chi connectivity index (χ4n) is 0.306. The molecule has 1 heterocycles. The zero-order valence-electron chi connectivity index (χ0n) is 6.81. The Bertz CT molecular complexity index is 323. The number of aromatic nitrogens is 4. The predicted octanol–water partition coefficient (Wildman–Crippen LogP) is -3.57. The number of guanidine groups is 1. The molecule has 1 rings (SSSR count). The molecule has 0 saturated heterocycles. The Hall–Kier alpha value is -2.66. The Balaban J connectivity index is 0.000000292. The molecule has 0 aliphatic carbocycles. The SMILES string of the molecule is NN=C(N)N.Nc1nnnn1[N+](=O)[O-]. The quantitative estimate of drug-likeness (QED) is 0.117. The number of hydrogen-bond acceptors (Lipinski definition) is 8. The molecule has 0 aliphatic rings. The van der Waals surface area contributed by atoms with E-state index in [-0.39, 0.29) is 16.7 Å². The van der Waals surface area contributed by atoms with Crippen molar-refractivity contribution in [2.45, 2.75) is 0 Å². The van der Waals surface area contributed by atoms with E-state index >= 15 is 0 Å². The molecule has 0 fully saturated rings. The number of hydrogen-bond donors (Lipinski definition) is 4. The van der Waals surface area contributed by atoms with E-state index in [1.807, 2.05) is 0 Å². The number of tetrazole rings is 1. The van der Waals surface area contributed by atoms with Crippen LogP contribution in [0.4, 0.5) is 5.95 Å². The van der Waals surface area contributed by atoms with Gasteiger partial charge in [-0.05, 0) is 0 Å². The summed E-state index contributed by atoms with van der Waals surface area (Å²) in [7, 11) is 0. The third-order valence-corrected chi connectivity index (χ3v) is 0.781. The molecule has 0 aromatic carbocycles. The van der Waals surface area contributed by atoms with Crippen molar-refractivity contribution in [3.05, 3.63) is 10.1 Å². The maximum atomic E-state index is 9.83. The Morgan fingerprint density at radius 3 is 2.21 bits per heavy atom. The van der Waals surface area contributed by atoms with Gasteiger partial charge in [-0.25, -0.2) is 0 Å². The highest BCUT2D eigenvalue weighted by molar-refractivity contribution is 5.75. The largest absolute Gasteiger partial charge is 0.369 e. The van der Waals surface area contributed by atoms with Gasteiger partial charge in [0.25, 0.3) is 0 Å². The van der Waals surface area contributed by atoms with E-state index in [0.29, 0.717) is 0 Å². The first kappa shape index (κ1) is 11.3. The first-order chi connectivity index (χ1) is 6.49. The number of nitro groups is 1. The van der Waals surface area contributed by atoms with Gasteiger partial charge in [-0.2, -0.15) is 0 Å². The lowest BCUT2D eigenvalue weighted by molar-refractivity contribution is -0.551. The Morgan fingerprint density at radius 1 is 1.57 bits per heavy atom. The normalized spacial score (nSPS) is 8.29. The molecule has 0 bridgehead atoms. The Kier molecular flexibility index (Phi) is 4.11. The van der Waals surface area contributed by atoms with Crippen molar-refractivity contribution in [2.75, 3.05) is 5.73 Å². The molecule has 1 aromatic rings. The molecule has 12 nitrogen and oxygen atoms in total. The van der Waals surface area contributed by atoms with Crippen molar-refractivity contribution in [2.24, 2.45) is 22.4 Å². The zero-order valence-corrected chi connectivity index (χ0v) is 6.81. The summed E-state index contributed by atoms with van der Waals surface area (Å²) >= 11 is 0. The maximum Gasteiger partial charge on any atom is 0.312 e. The van der Waals surface area contributed by atoms with E-state index in [1.54, 1.807) is 0 Å². The number of nitrogen functional groups attached to an aromatic ring is 1. The minimum atomic E-state index is -0.824. The van der Waals surface area contributed by atoms with Crippen LogP contribution in [0.2, 0.25) is 0 Å². The molecular formula is C2H8N10O2. The highest BCUT2D eigenvalue weighted by Crippen LogP contribution is 1.87. The van der Waals surface area contributed by atoms with Crippen molar-refractivity contribution >= 4 is 11.9 Å². The Labute approximate surface area is 76.6 Å². The molecule has 0 spiro atoms. The molecule has 14 heavy (non-hydrogen) atoms. The fraction of sp³-hybridized carbons (Fsp3) is 0. The van der Waals surface area contributed by atoms with Crippen LogP contribution in [0.1, 0.15) is 0 Å². The summed E-state index contributed by atoms with van der Waals surface area (Å²) < 4.78 is 0. The summed E-state index contributed by atoms with van der Waals surface area (Å²) in [6.45, 7) is 0. The van der Waals surface area contributed by atoms with Gasteiger partial charge >= 0.3 is 5.95 Å². The van der Waals surface area contributed by atoms with Crippen molar-refractivity contribution in [3.8, 4) is 0 Å². The third kappa shape index (κ3) is 3.65. The molecule has 1 aromatic heterocycles. The fourth-order valence-corrected chi connectivity index (χ4v) is 0.306. The van der Waals surface area contributed by atoms with Gasteiger partial charge in [-0.15, -0.1) is 5.10 Å². The number of nitrogens with zero attached hydrogens (tertiary/aromatic N) is 6. The minimum Gasteiger partial charge on any atom is -0.369 e. The second-order valence-electron chi connectivity index (χ2n) is 1.72. The molecule has 0 saturated carbocycles. The van der Waals surface area contributed by atoms with Crippen LogP contribution in [0.15, 0.2) is 5.10 Å². The van der Waals surface area contributed by atoms with Gasteiger partial charge in [0.05, 0.1) is 9.82 Å². The molecule has 12 heteroatoms. The molecule has 0 amide bonds. The zero-order chi connectivity index (χ0) is 11.1. The van der Waals surface area contributed by atoms with E-state index in [4.69, 9.17) is 17.2 Å². The number of hydrazone groups is 1. The van der Waals surface area contributed by atoms with Gasteiger partial charge < -0.3 is 33.2 Å². The summed E-state index contributed by atoms with van der Waals surface area (Å²) in [5.41, 5.74) is 14.3. The second-order valence-corrected chi connectivity index (χ2v) is 1.72. The first-order valence-corrected chi connectivity index (χ1v) is 2.96. The Morgan fingerprint density at radius 2 is 2.07 bits per heavy atom. The molecule has 0 radical (unpaired) electrons. The van der Waals surface area contributed by atoms with Gasteiger partial charge in [-0.1, -0.05) is 5.10 Å². The molecule has 78 valence electrons. The summed E-state index contributed by atoms with van der Waals surface area (Å²) in [5.74, 6) is 4.08. The highest BCUT2D eigenvalue weighted by Gasteiger charge is 2.09. The summed E-state index contributed by atoms with van der Waals surface area (Å²) in [4.78, 5) is 10.1. The topological polar surface area (TPSA) is 203 Å². The molecule has 0 unspecified atom stereocenters. The van der Waals surface area contributed by atoms with Crippen molar-refractivity contribution < 1.29 is 5.03 Å².